The lowest BCUT2D eigenvalue weighted by molar-refractivity contribution is -0.404. The smallest absolute Gasteiger partial charge is 0.274 e. The zero-order valence-electron chi connectivity index (χ0n) is 9.55. The summed E-state index contributed by atoms with van der Waals surface area (Å²) in [5.74, 6) is 0.443. The van der Waals surface area contributed by atoms with Crippen molar-refractivity contribution in [3.8, 4) is 0 Å². The van der Waals surface area contributed by atoms with E-state index in [1.807, 2.05) is 12.1 Å². The Labute approximate surface area is 108 Å². The number of rotatable bonds is 5. The molecule has 0 spiro atoms. The van der Waals surface area contributed by atoms with Crippen LogP contribution in [0.25, 0.3) is 0 Å². The lowest BCUT2D eigenvalue weighted by Crippen LogP contribution is -2.26. The standard InChI is InChI=1S/C10H13BrN4O2/c1-12-10(7-15(16)17)14(2)6-8-3-4-9(11)13-5-8/h3-5,7,12H,6H2,1-2H3/b10-7+. The van der Waals surface area contributed by atoms with Crippen LogP contribution in [0.5, 0.6) is 0 Å². The SMILES string of the molecule is CN/C(=C\[N+](=O)[O-])N(C)Cc1ccc(Br)nc1. The Hall–Kier alpha value is -1.63. The Morgan fingerprint density at radius 1 is 1.71 bits per heavy atom. The molecule has 0 saturated heterocycles. The summed E-state index contributed by atoms with van der Waals surface area (Å²) in [6.45, 7) is 0.542. The number of hydrogen-bond acceptors (Lipinski definition) is 5. The van der Waals surface area contributed by atoms with E-state index in [1.165, 1.54) is 0 Å². The van der Waals surface area contributed by atoms with Gasteiger partial charge in [-0.1, -0.05) is 6.07 Å². The first-order chi connectivity index (χ1) is 8.02. The normalized spacial score (nSPS) is 11.1. The Balaban J connectivity index is 2.73. The van der Waals surface area contributed by atoms with Crippen LogP contribution in [0.3, 0.4) is 0 Å². The van der Waals surface area contributed by atoms with Crippen molar-refractivity contribution in [3.63, 3.8) is 0 Å². The van der Waals surface area contributed by atoms with Crippen LogP contribution >= 0.6 is 15.9 Å². The van der Waals surface area contributed by atoms with Crippen molar-refractivity contribution in [1.29, 1.82) is 0 Å². The maximum atomic E-state index is 10.4. The van der Waals surface area contributed by atoms with Gasteiger partial charge in [-0.15, -0.1) is 0 Å². The molecule has 1 aromatic heterocycles. The summed E-state index contributed by atoms with van der Waals surface area (Å²) < 4.78 is 0.763. The second-order valence-electron chi connectivity index (χ2n) is 3.39. The fourth-order valence-corrected chi connectivity index (χ4v) is 1.55. The second kappa shape index (κ2) is 6.19. The van der Waals surface area contributed by atoms with Crippen LogP contribution in [-0.2, 0) is 6.54 Å². The average molecular weight is 301 g/mol. The molecule has 0 radical (unpaired) electrons. The highest BCUT2D eigenvalue weighted by atomic mass is 79.9. The second-order valence-corrected chi connectivity index (χ2v) is 4.21. The van der Waals surface area contributed by atoms with E-state index in [-0.39, 0.29) is 0 Å². The van der Waals surface area contributed by atoms with Gasteiger partial charge in [0, 0.05) is 26.8 Å². The van der Waals surface area contributed by atoms with Crippen molar-refractivity contribution in [2.45, 2.75) is 6.54 Å². The minimum absolute atomic E-state index is 0.443. The third-order valence-electron chi connectivity index (χ3n) is 2.10. The van der Waals surface area contributed by atoms with Crippen LogP contribution in [0.4, 0.5) is 0 Å². The van der Waals surface area contributed by atoms with Gasteiger partial charge in [0.15, 0.2) is 5.82 Å². The third kappa shape index (κ3) is 4.39. The summed E-state index contributed by atoms with van der Waals surface area (Å²) in [6, 6.07) is 3.74. The van der Waals surface area contributed by atoms with Gasteiger partial charge in [-0.05, 0) is 27.6 Å². The predicted molar refractivity (Wildman–Crippen MR) is 67.5 cm³/mol. The van der Waals surface area contributed by atoms with Crippen molar-refractivity contribution in [2.75, 3.05) is 14.1 Å². The molecule has 0 fully saturated rings. The summed E-state index contributed by atoms with van der Waals surface area (Å²) in [5.41, 5.74) is 0.972. The molecule has 1 heterocycles. The van der Waals surface area contributed by atoms with Gasteiger partial charge in [0.05, 0.1) is 4.92 Å². The number of nitrogens with one attached hydrogen (secondary N) is 1. The summed E-state index contributed by atoms with van der Waals surface area (Å²) in [5, 5.41) is 13.2. The Bertz CT molecular complexity index is 419. The molecule has 0 amide bonds. The summed E-state index contributed by atoms with van der Waals surface area (Å²) in [6.07, 6.45) is 2.66. The fourth-order valence-electron chi connectivity index (χ4n) is 1.31. The van der Waals surface area contributed by atoms with Crippen molar-refractivity contribution < 1.29 is 4.92 Å². The molecule has 0 aliphatic rings. The highest BCUT2D eigenvalue weighted by Gasteiger charge is 2.08. The maximum Gasteiger partial charge on any atom is 0.274 e. The Kier molecular flexibility index (Phi) is 4.89. The number of nitrogens with zero attached hydrogens (tertiary/aromatic N) is 3. The monoisotopic (exact) mass is 300 g/mol. The molecule has 0 saturated carbocycles. The predicted octanol–water partition coefficient (Wildman–Crippen LogP) is 1.57. The highest BCUT2D eigenvalue weighted by Crippen LogP contribution is 2.09. The summed E-state index contributed by atoms with van der Waals surface area (Å²) >= 11 is 3.25. The van der Waals surface area contributed by atoms with Gasteiger partial charge in [-0.25, -0.2) is 4.98 Å². The molecule has 7 heteroatoms. The topological polar surface area (TPSA) is 71.3 Å². The van der Waals surface area contributed by atoms with E-state index in [2.05, 4.69) is 26.2 Å². The van der Waals surface area contributed by atoms with Gasteiger partial charge in [0.25, 0.3) is 6.20 Å². The summed E-state index contributed by atoms with van der Waals surface area (Å²) in [4.78, 5) is 15.8. The minimum atomic E-state index is -0.484. The van der Waals surface area contributed by atoms with Gasteiger partial charge >= 0.3 is 0 Å². The van der Waals surface area contributed by atoms with Crippen molar-refractivity contribution in [3.05, 3.63) is 50.6 Å². The van der Waals surface area contributed by atoms with Gasteiger partial charge in [-0.3, -0.25) is 10.1 Å². The van der Waals surface area contributed by atoms with Crippen LogP contribution in [0, 0.1) is 10.1 Å². The van der Waals surface area contributed by atoms with Crippen molar-refractivity contribution in [2.24, 2.45) is 0 Å². The number of aromatic nitrogens is 1. The first-order valence-corrected chi connectivity index (χ1v) is 5.67. The molecule has 0 aromatic carbocycles. The number of pyridine rings is 1. The average Bonchev–Trinajstić information content (AvgIpc) is 2.28. The molecule has 0 aliphatic heterocycles. The first-order valence-electron chi connectivity index (χ1n) is 4.87. The van der Waals surface area contributed by atoms with E-state index in [4.69, 9.17) is 0 Å². The van der Waals surface area contributed by atoms with Crippen LogP contribution in [-0.4, -0.2) is 28.9 Å². The van der Waals surface area contributed by atoms with Gasteiger partial charge in [-0.2, -0.15) is 0 Å². The molecule has 0 unspecified atom stereocenters. The van der Waals surface area contributed by atoms with Gasteiger partial charge in [0.1, 0.15) is 4.60 Å². The molecular weight excluding hydrogens is 288 g/mol. The molecule has 0 bridgehead atoms. The third-order valence-corrected chi connectivity index (χ3v) is 2.57. The quantitative estimate of drug-likeness (QED) is 0.508. The molecule has 1 N–H and O–H groups in total. The zero-order valence-corrected chi connectivity index (χ0v) is 11.1. The Morgan fingerprint density at radius 2 is 2.41 bits per heavy atom. The zero-order chi connectivity index (χ0) is 12.8. The van der Waals surface area contributed by atoms with E-state index in [0.29, 0.717) is 12.4 Å². The van der Waals surface area contributed by atoms with Crippen LogP contribution in [0.1, 0.15) is 5.56 Å². The van der Waals surface area contributed by atoms with E-state index >= 15 is 0 Å². The largest absolute Gasteiger partial charge is 0.370 e. The molecular formula is C10H13BrN4O2. The molecule has 0 atom stereocenters. The van der Waals surface area contributed by atoms with Gasteiger partial charge in [0.2, 0.25) is 0 Å². The van der Waals surface area contributed by atoms with Crippen molar-refractivity contribution in [1.82, 2.24) is 15.2 Å². The van der Waals surface area contributed by atoms with Crippen LogP contribution < -0.4 is 5.32 Å². The highest BCUT2D eigenvalue weighted by molar-refractivity contribution is 9.10. The minimum Gasteiger partial charge on any atom is -0.370 e. The first kappa shape index (κ1) is 13.4. The number of hydrogen-bond donors (Lipinski definition) is 1. The maximum absolute atomic E-state index is 10.4. The van der Waals surface area contributed by atoms with E-state index in [1.54, 1.807) is 25.2 Å². The molecule has 6 nitrogen and oxygen atoms in total. The fraction of sp³-hybridized carbons (Fsp3) is 0.300. The van der Waals surface area contributed by atoms with Crippen LogP contribution in [0.15, 0.2) is 35.0 Å². The molecule has 17 heavy (non-hydrogen) atoms. The van der Waals surface area contributed by atoms with E-state index in [0.717, 1.165) is 16.4 Å². The summed E-state index contributed by atoms with van der Waals surface area (Å²) in [7, 11) is 3.42. The molecule has 0 aliphatic carbocycles. The van der Waals surface area contributed by atoms with E-state index in [9.17, 15) is 10.1 Å². The molecule has 92 valence electrons. The lowest BCUT2D eigenvalue weighted by Gasteiger charge is -2.19. The van der Waals surface area contributed by atoms with Crippen LogP contribution in [0.2, 0.25) is 0 Å². The number of halogens is 1. The molecule has 1 rings (SSSR count). The Morgan fingerprint density at radius 3 is 2.88 bits per heavy atom. The number of nitro groups is 1. The molecule has 1 aromatic rings. The lowest BCUT2D eigenvalue weighted by atomic mass is 10.3. The van der Waals surface area contributed by atoms with Crippen molar-refractivity contribution >= 4 is 15.9 Å². The van der Waals surface area contributed by atoms with Gasteiger partial charge < -0.3 is 10.2 Å². The van der Waals surface area contributed by atoms with E-state index < -0.39 is 4.92 Å².